The molecule has 106 valence electrons. The standard InChI is InChI=1S/C13H23N5O/c1-6-15-10-7-11(17-13(16-10)9(2)3)18(5)8-12(19)14-4/h7,9H,6,8H2,1-5H3,(H,14,19)(H,15,16,17). The number of carbonyl (C=O) groups is 1. The Balaban J connectivity index is 3.00. The van der Waals surface area contributed by atoms with Gasteiger partial charge in [-0.15, -0.1) is 0 Å². The molecule has 0 radical (unpaired) electrons. The lowest BCUT2D eigenvalue weighted by Crippen LogP contribution is -2.33. The molecule has 1 amide bonds. The first-order chi connectivity index (χ1) is 8.97. The van der Waals surface area contributed by atoms with Gasteiger partial charge in [0.25, 0.3) is 0 Å². The van der Waals surface area contributed by atoms with Gasteiger partial charge in [-0.2, -0.15) is 0 Å². The maximum atomic E-state index is 11.4. The molecule has 0 bridgehead atoms. The number of anilines is 2. The van der Waals surface area contributed by atoms with Gasteiger partial charge < -0.3 is 15.5 Å². The molecule has 0 saturated carbocycles. The molecule has 0 atom stereocenters. The quantitative estimate of drug-likeness (QED) is 0.809. The molecule has 1 heterocycles. The van der Waals surface area contributed by atoms with Gasteiger partial charge in [0.2, 0.25) is 5.91 Å². The van der Waals surface area contributed by atoms with Crippen molar-refractivity contribution in [1.82, 2.24) is 15.3 Å². The molecule has 19 heavy (non-hydrogen) atoms. The molecule has 6 nitrogen and oxygen atoms in total. The summed E-state index contributed by atoms with van der Waals surface area (Å²) in [6.45, 7) is 7.19. The highest BCUT2D eigenvalue weighted by atomic mass is 16.1. The first-order valence-electron chi connectivity index (χ1n) is 6.52. The van der Waals surface area contributed by atoms with Gasteiger partial charge in [0.05, 0.1) is 6.54 Å². The number of rotatable bonds is 6. The molecule has 0 fully saturated rings. The average Bonchev–Trinajstić information content (AvgIpc) is 2.38. The van der Waals surface area contributed by atoms with Gasteiger partial charge in [-0.25, -0.2) is 9.97 Å². The molecular weight excluding hydrogens is 242 g/mol. The minimum Gasteiger partial charge on any atom is -0.370 e. The molecule has 0 aliphatic rings. The fraction of sp³-hybridized carbons (Fsp3) is 0.615. The van der Waals surface area contributed by atoms with Crippen molar-refractivity contribution in [3.05, 3.63) is 11.9 Å². The Morgan fingerprint density at radius 3 is 2.63 bits per heavy atom. The molecule has 0 aromatic carbocycles. The number of carbonyl (C=O) groups excluding carboxylic acids is 1. The molecule has 0 aliphatic heterocycles. The van der Waals surface area contributed by atoms with E-state index in [1.165, 1.54) is 0 Å². The minimum absolute atomic E-state index is 0.0443. The molecule has 0 unspecified atom stereocenters. The third-order valence-corrected chi connectivity index (χ3v) is 2.65. The number of amides is 1. The van der Waals surface area contributed by atoms with Gasteiger partial charge in [-0.3, -0.25) is 4.79 Å². The molecular formula is C13H23N5O. The maximum Gasteiger partial charge on any atom is 0.239 e. The van der Waals surface area contributed by atoms with Gasteiger partial charge >= 0.3 is 0 Å². The zero-order valence-electron chi connectivity index (χ0n) is 12.3. The average molecular weight is 265 g/mol. The van der Waals surface area contributed by atoms with Crippen molar-refractivity contribution >= 4 is 17.5 Å². The van der Waals surface area contributed by atoms with Crippen LogP contribution in [0, 0.1) is 0 Å². The maximum absolute atomic E-state index is 11.4. The highest BCUT2D eigenvalue weighted by Gasteiger charge is 2.12. The number of hydrogen-bond donors (Lipinski definition) is 2. The van der Waals surface area contributed by atoms with E-state index in [1.807, 2.05) is 38.8 Å². The first-order valence-corrected chi connectivity index (χ1v) is 6.52. The van der Waals surface area contributed by atoms with Crippen LogP contribution in [0.4, 0.5) is 11.6 Å². The van der Waals surface area contributed by atoms with Crippen LogP contribution in [0.3, 0.4) is 0 Å². The van der Waals surface area contributed by atoms with Gasteiger partial charge in [0.1, 0.15) is 17.5 Å². The number of nitrogens with zero attached hydrogens (tertiary/aromatic N) is 3. The summed E-state index contributed by atoms with van der Waals surface area (Å²) in [6, 6.07) is 1.86. The topological polar surface area (TPSA) is 70.2 Å². The van der Waals surface area contributed by atoms with Crippen LogP contribution in [-0.2, 0) is 4.79 Å². The Labute approximate surface area is 114 Å². The van der Waals surface area contributed by atoms with Crippen LogP contribution in [0.2, 0.25) is 0 Å². The first kappa shape index (κ1) is 15.2. The summed E-state index contributed by atoms with van der Waals surface area (Å²) in [6.07, 6.45) is 0. The fourth-order valence-electron chi connectivity index (χ4n) is 1.55. The summed E-state index contributed by atoms with van der Waals surface area (Å²) in [5.74, 6) is 2.51. The molecule has 1 aromatic rings. The van der Waals surface area contributed by atoms with Crippen molar-refractivity contribution < 1.29 is 4.79 Å². The number of nitrogens with one attached hydrogen (secondary N) is 2. The monoisotopic (exact) mass is 265 g/mol. The van der Waals surface area contributed by atoms with E-state index in [9.17, 15) is 4.79 Å². The molecule has 1 rings (SSSR count). The lowest BCUT2D eigenvalue weighted by molar-refractivity contribution is -0.119. The van der Waals surface area contributed by atoms with E-state index in [2.05, 4.69) is 20.6 Å². The zero-order chi connectivity index (χ0) is 14.4. The molecule has 2 N–H and O–H groups in total. The smallest absolute Gasteiger partial charge is 0.239 e. The zero-order valence-corrected chi connectivity index (χ0v) is 12.3. The second-order valence-corrected chi connectivity index (χ2v) is 4.68. The van der Waals surface area contributed by atoms with E-state index in [0.717, 1.165) is 24.0 Å². The molecule has 1 aromatic heterocycles. The van der Waals surface area contributed by atoms with Gasteiger partial charge in [0, 0.05) is 32.6 Å². The summed E-state index contributed by atoms with van der Waals surface area (Å²) in [7, 11) is 3.47. The normalized spacial score (nSPS) is 10.4. The van der Waals surface area contributed by atoms with Crippen molar-refractivity contribution in [2.75, 3.05) is 37.4 Å². The van der Waals surface area contributed by atoms with Crippen LogP contribution < -0.4 is 15.5 Å². The van der Waals surface area contributed by atoms with E-state index in [0.29, 0.717) is 0 Å². The van der Waals surface area contributed by atoms with Crippen LogP contribution >= 0.6 is 0 Å². The van der Waals surface area contributed by atoms with Crippen LogP contribution in [-0.4, -0.2) is 43.1 Å². The fourth-order valence-corrected chi connectivity index (χ4v) is 1.55. The second-order valence-electron chi connectivity index (χ2n) is 4.68. The van der Waals surface area contributed by atoms with E-state index in [-0.39, 0.29) is 18.4 Å². The van der Waals surface area contributed by atoms with Crippen molar-refractivity contribution in [2.45, 2.75) is 26.7 Å². The van der Waals surface area contributed by atoms with Crippen molar-refractivity contribution in [3.8, 4) is 0 Å². The lowest BCUT2D eigenvalue weighted by atomic mass is 10.2. The SMILES string of the molecule is CCNc1cc(N(C)CC(=O)NC)nc(C(C)C)n1. The lowest BCUT2D eigenvalue weighted by Gasteiger charge is -2.19. The summed E-state index contributed by atoms with van der Waals surface area (Å²) in [5, 5.41) is 5.79. The predicted octanol–water partition coefficient (Wildman–Crippen LogP) is 1.21. The van der Waals surface area contributed by atoms with Crippen LogP contribution in [0.15, 0.2) is 6.07 Å². The molecule has 0 saturated heterocycles. The van der Waals surface area contributed by atoms with Gasteiger partial charge in [-0.1, -0.05) is 13.8 Å². The minimum atomic E-state index is -0.0443. The highest BCUT2D eigenvalue weighted by molar-refractivity contribution is 5.80. The summed E-state index contributed by atoms with van der Waals surface area (Å²) in [5.41, 5.74) is 0. The van der Waals surface area contributed by atoms with Gasteiger partial charge in [0.15, 0.2) is 0 Å². The van der Waals surface area contributed by atoms with Crippen LogP contribution in [0.1, 0.15) is 32.5 Å². The Bertz CT molecular complexity index is 433. The molecule has 0 spiro atoms. The van der Waals surface area contributed by atoms with Crippen molar-refractivity contribution in [1.29, 1.82) is 0 Å². The second kappa shape index (κ2) is 6.92. The molecule has 0 aliphatic carbocycles. The highest BCUT2D eigenvalue weighted by Crippen LogP contribution is 2.19. The third kappa shape index (κ3) is 4.39. The third-order valence-electron chi connectivity index (χ3n) is 2.65. The largest absolute Gasteiger partial charge is 0.370 e. The Kier molecular flexibility index (Phi) is 5.54. The van der Waals surface area contributed by atoms with Gasteiger partial charge in [-0.05, 0) is 6.92 Å². The van der Waals surface area contributed by atoms with Crippen LogP contribution in [0.25, 0.3) is 0 Å². The van der Waals surface area contributed by atoms with Crippen molar-refractivity contribution in [3.63, 3.8) is 0 Å². The van der Waals surface area contributed by atoms with E-state index in [4.69, 9.17) is 0 Å². The number of likely N-dealkylation sites (N-methyl/N-ethyl adjacent to an activating group) is 2. The van der Waals surface area contributed by atoms with E-state index in [1.54, 1.807) is 7.05 Å². The number of aromatic nitrogens is 2. The summed E-state index contributed by atoms with van der Waals surface area (Å²) >= 11 is 0. The Morgan fingerprint density at radius 1 is 1.42 bits per heavy atom. The summed E-state index contributed by atoms with van der Waals surface area (Å²) < 4.78 is 0. The van der Waals surface area contributed by atoms with Crippen LogP contribution in [0.5, 0.6) is 0 Å². The number of hydrogen-bond acceptors (Lipinski definition) is 5. The van der Waals surface area contributed by atoms with Crippen molar-refractivity contribution in [2.24, 2.45) is 0 Å². The summed E-state index contributed by atoms with van der Waals surface area (Å²) in [4.78, 5) is 22.2. The molecule has 6 heteroatoms. The van der Waals surface area contributed by atoms with E-state index < -0.39 is 0 Å². The van der Waals surface area contributed by atoms with E-state index >= 15 is 0 Å². The Morgan fingerprint density at radius 2 is 2.11 bits per heavy atom. The predicted molar refractivity (Wildman–Crippen MR) is 77.6 cm³/mol. The Hall–Kier alpha value is -1.85.